The van der Waals surface area contributed by atoms with Crippen LogP contribution in [0.1, 0.15) is 25.8 Å². The zero-order valence-corrected chi connectivity index (χ0v) is 19.3. The van der Waals surface area contributed by atoms with Crippen molar-refractivity contribution in [2.75, 3.05) is 19.0 Å². The number of pyridine rings is 1. The lowest BCUT2D eigenvalue weighted by Crippen LogP contribution is -2.48. The lowest BCUT2D eigenvalue weighted by atomic mass is 10.1. The quantitative estimate of drug-likeness (QED) is 0.295. The maximum atomic E-state index is 13.8. The molecule has 37 heavy (non-hydrogen) atoms. The maximum absolute atomic E-state index is 13.8. The number of amides is 2. The molecule has 0 spiro atoms. The highest BCUT2D eigenvalue weighted by Gasteiger charge is 2.30. The van der Waals surface area contributed by atoms with Crippen molar-refractivity contribution in [1.82, 2.24) is 9.88 Å². The molecule has 2 amide bonds. The minimum atomic E-state index is -1.92. The second-order valence-corrected chi connectivity index (χ2v) is 7.39. The number of hydrogen-bond acceptors (Lipinski definition) is 7. The van der Waals surface area contributed by atoms with Crippen LogP contribution in [0.5, 0.6) is 5.75 Å². The fourth-order valence-corrected chi connectivity index (χ4v) is 3.13. The van der Waals surface area contributed by atoms with Crippen LogP contribution in [0, 0.1) is 23.3 Å². The first-order valence-corrected chi connectivity index (χ1v) is 10.5. The highest BCUT2D eigenvalue weighted by molar-refractivity contribution is 5.93. The van der Waals surface area contributed by atoms with E-state index in [4.69, 9.17) is 5.11 Å². The monoisotopic (exact) mass is 531 g/mol. The van der Waals surface area contributed by atoms with Gasteiger partial charge < -0.3 is 24.5 Å². The molecule has 2 rings (SSSR count). The highest BCUT2D eigenvalue weighted by Crippen LogP contribution is 2.26. The largest absolute Gasteiger partial charge is 0.481 e. The Morgan fingerprint density at radius 1 is 1.11 bits per heavy atom. The number of benzene rings is 1. The van der Waals surface area contributed by atoms with Crippen LogP contribution in [0.2, 0.25) is 0 Å². The molecule has 3 N–H and O–H groups in total. The second kappa shape index (κ2) is 12.5. The number of nitrogens with one attached hydrogen (secondary N) is 2. The van der Waals surface area contributed by atoms with E-state index in [9.17, 15) is 41.5 Å². The van der Waals surface area contributed by atoms with Gasteiger partial charge in [0, 0.05) is 12.3 Å². The number of ketones is 1. The Balaban J connectivity index is 2.26. The summed E-state index contributed by atoms with van der Waals surface area (Å²) in [6.07, 6.45) is -0.770. The third kappa shape index (κ3) is 7.05. The number of aromatic nitrogens is 1. The molecule has 1 unspecified atom stereocenters. The first kappa shape index (κ1) is 28.8. The van der Waals surface area contributed by atoms with E-state index in [1.54, 1.807) is 0 Å². The third-order valence-corrected chi connectivity index (χ3v) is 4.94. The molecule has 0 radical (unpaired) electrons. The van der Waals surface area contributed by atoms with Gasteiger partial charge in [0.25, 0.3) is 5.56 Å². The van der Waals surface area contributed by atoms with Gasteiger partial charge in [-0.1, -0.05) is 6.92 Å². The molecule has 15 heteroatoms. The molecule has 0 saturated heterocycles. The van der Waals surface area contributed by atoms with Crippen LogP contribution in [0.4, 0.5) is 28.0 Å². The second-order valence-electron chi connectivity index (χ2n) is 7.39. The average Bonchev–Trinajstić information content (AvgIpc) is 2.84. The van der Waals surface area contributed by atoms with E-state index < -0.39 is 83.4 Å². The summed E-state index contributed by atoms with van der Waals surface area (Å²) in [5, 5.41) is 13.4. The van der Waals surface area contributed by atoms with Gasteiger partial charge in [0.15, 0.2) is 23.2 Å². The molecular weight excluding hydrogens is 510 g/mol. The van der Waals surface area contributed by atoms with E-state index in [1.807, 2.05) is 0 Å². The SMILES string of the molecule is CC[C@@H](C(=O)NC(CC(=O)O)C(=O)COc1c(F)c(F)cc(F)c1F)n1cccc(NC(=O)OC)c1=O. The van der Waals surface area contributed by atoms with Crippen LogP contribution in [0.25, 0.3) is 0 Å². The molecule has 0 aliphatic carbocycles. The number of methoxy groups -OCH3 is 1. The number of halogens is 4. The van der Waals surface area contributed by atoms with E-state index in [0.717, 1.165) is 11.7 Å². The van der Waals surface area contributed by atoms with Gasteiger partial charge in [-0.2, -0.15) is 8.78 Å². The topological polar surface area (TPSA) is 153 Å². The molecule has 0 bridgehead atoms. The van der Waals surface area contributed by atoms with Crippen LogP contribution in [-0.2, 0) is 19.1 Å². The molecule has 0 aliphatic rings. The fourth-order valence-electron chi connectivity index (χ4n) is 3.13. The van der Waals surface area contributed by atoms with Gasteiger partial charge in [0.1, 0.15) is 24.4 Å². The van der Waals surface area contributed by atoms with Gasteiger partial charge in [-0.25, -0.2) is 13.6 Å². The predicted molar refractivity (Wildman–Crippen MR) is 117 cm³/mol. The maximum Gasteiger partial charge on any atom is 0.411 e. The summed E-state index contributed by atoms with van der Waals surface area (Å²) in [4.78, 5) is 60.8. The number of carbonyl (C=O) groups is 4. The van der Waals surface area contributed by atoms with Gasteiger partial charge in [0.05, 0.1) is 13.5 Å². The van der Waals surface area contributed by atoms with Crippen LogP contribution in [-0.4, -0.2) is 53.2 Å². The number of carbonyl (C=O) groups excluding carboxylic acids is 3. The molecule has 200 valence electrons. The average molecular weight is 531 g/mol. The number of aliphatic carboxylic acids is 1. The molecule has 0 aliphatic heterocycles. The first-order chi connectivity index (χ1) is 17.4. The number of rotatable bonds is 11. The lowest BCUT2D eigenvalue weighted by Gasteiger charge is -2.22. The Bertz CT molecular complexity index is 1240. The minimum Gasteiger partial charge on any atom is -0.481 e. The zero-order valence-electron chi connectivity index (χ0n) is 19.3. The molecule has 1 aromatic carbocycles. The summed E-state index contributed by atoms with van der Waals surface area (Å²) >= 11 is 0. The predicted octanol–water partition coefficient (Wildman–Crippen LogP) is 2.14. The van der Waals surface area contributed by atoms with Gasteiger partial charge in [-0.15, -0.1) is 0 Å². The summed E-state index contributed by atoms with van der Waals surface area (Å²) in [5.41, 5.74) is -1.06. The Morgan fingerprint density at radius 3 is 2.27 bits per heavy atom. The van der Waals surface area contributed by atoms with Crippen LogP contribution < -0.4 is 20.9 Å². The minimum absolute atomic E-state index is 0.0309. The number of ether oxygens (including phenoxy) is 2. The highest BCUT2D eigenvalue weighted by atomic mass is 19.2. The standard InChI is InChI=1S/C22H21F4N3O8/c1-3-14(29-6-4-5-12(21(29)34)28-22(35)36-2)20(33)27-13(8-16(31)32)15(30)9-37-19-17(25)10(23)7-11(24)18(19)26/h4-7,13-14H,3,8-9H2,1-2H3,(H,27,33)(H,28,35)(H,31,32)/t13?,14-/m0/s1. The van der Waals surface area contributed by atoms with Crippen molar-refractivity contribution in [3.05, 3.63) is 58.0 Å². The van der Waals surface area contributed by atoms with Gasteiger partial charge in [0.2, 0.25) is 17.5 Å². The van der Waals surface area contributed by atoms with E-state index >= 15 is 0 Å². The number of carboxylic acids is 1. The van der Waals surface area contributed by atoms with Crippen LogP contribution >= 0.6 is 0 Å². The Kier molecular flexibility index (Phi) is 9.74. The molecule has 2 atom stereocenters. The van der Waals surface area contributed by atoms with Crippen molar-refractivity contribution in [3.63, 3.8) is 0 Å². The summed E-state index contributed by atoms with van der Waals surface area (Å²) in [7, 11) is 1.07. The number of carboxylic acid groups (broad SMARTS) is 1. The number of Topliss-reactive ketones (excluding diaryl/α,β-unsaturated/α-hetero) is 1. The molecule has 0 saturated carbocycles. The normalized spacial score (nSPS) is 12.3. The van der Waals surface area contributed by atoms with Gasteiger partial charge >= 0.3 is 12.1 Å². The molecule has 0 fully saturated rings. The molecular formula is C22H21F4N3O8. The Hall–Kier alpha value is -4.43. The van der Waals surface area contributed by atoms with E-state index in [-0.39, 0.29) is 18.2 Å². The van der Waals surface area contributed by atoms with Gasteiger partial charge in [-0.3, -0.25) is 24.5 Å². The molecule has 2 aromatic rings. The van der Waals surface area contributed by atoms with Crippen molar-refractivity contribution in [1.29, 1.82) is 0 Å². The van der Waals surface area contributed by atoms with Crippen molar-refractivity contribution in [2.45, 2.75) is 31.8 Å². The summed E-state index contributed by atoms with van der Waals surface area (Å²) in [5.74, 6) is -12.7. The Labute approximate surface area is 206 Å². The smallest absolute Gasteiger partial charge is 0.411 e. The van der Waals surface area contributed by atoms with E-state index in [1.165, 1.54) is 25.3 Å². The molecule has 11 nitrogen and oxygen atoms in total. The van der Waals surface area contributed by atoms with Crippen molar-refractivity contribution >= 4 is 29.4 Å². The zero-order chi connectivity index (χ0) is 27.9. The lowest BCUT2D eigenvalue weighted by molar-refractivity contribution is -0.140. The summed E-state index contributed by atoms with van der Waals surface area (Å²) < 4.78 is 64.1. The first-order valence-electron chi connectivity index (χ1n) is 10.5. The van der Waals surface area contributed by atoms with E-state index in [0.29, 0.717) is 0 Å². The molecule has 1 aromatic heterocycles. The fraction of sp³-hybridized carbons (Fsp3) is 0.318. The summed E-state index contributed by atoms with van der Waals surface area (Å²) in [6, 6.07) is -0.603. The van der Waals surface area contributed by atoms with Crippen molar-refractivity contribution in [2.24, 2.45) is 0 Å². The van der Waals surface area contributed by atoms with Crippen molar-refractivity contribution in [3.8, 4) is 5.75 Å². The van der Waals surface area contributed by atoms with Gasteiger partial charge in [-0.05, 0) is 18.6 Å². The summed E-state index contributed by atoms with van der Waals surface area (Å²) in [6.45, 7) is 0.239. The molecule has 1 heterocycles. The van der Waals surface area contributed by atoms with Crippen molar-refractivity contribution < 1.29 is 51.3 Å². The third-order valence-electron chi connectivity index (χ3n) is 4.94. The number of hydrogen-bond donors (Lipinski definition) is 3. The van der Waals surface area contributed by atoms with E-state index in [2.05, 4.69) is 20.1 Å². The van der Waals surface area contributed by atoms with Crippen LogP contribution in [0.15, 0.2) is 29.2 Å². The van der Waals surface area contributed by atoms with Crippen LogP contribution in [0.3, 0.4) is 0 Å². The number of anilines is 1. The Morgan fingerprint density at radius 2 is 1.73 bits per heavy atom. The number of nitrogens with zero attached hydrogens (tertiary/aromatic N) is 1.